The zero-order valence-corrected chi connectivity index (χ0v) is 14.1. The summed E-state index contributed by atoms with van der Waals surface area (Å²) in [6, 6.07) is 2.02. The first-order valence-electron chi connectivity index (χ1n) is 6.82. The van der Waals surface area contributed by atoms with Crippen LogP contribution in [0.15, 0.2) is 21.2 Å². The van der Waals surface area contributed by atoms with E-state index in [9.17, 15) is 5.11 Å². The van der Waals surface area contributed by atoms with E-state index in [1.807, 2.05) is 12.3 Å². The van der Waals surface area contributed by atoms with Crippen molar-refractivity contribution in [3.63, 3.8) is 0 Å². The molecule has 5 heteroatoms. The monoisotopic (exact) mass is 390 g/mol. The molecule has 0 bridgehead atoms. The van der Waals surface area contributed by atoms with Crippen molar-refractivity contribution >= 4 is 31.9 Å². The Labute approximate surface area is 131 Å². The van der Waals surface area contributed by atoms with Crippen molar-refractivity contribution in [2.75, 3.05) is 13.2 Å². The first kappa shape index (κ1) is 15.4. The fraction of sp³-hybridized carbons (Fsp3) is 0.643. The highest BCUT2D eigenvalue weighted by Crippen LogP contribution is 2.29. The minimum Gasteiger partial charge on any atom is -0.396 e. The second kappa shape index (κ2) is 7.72. The second-order valence-corrected chi connectivity index (χ2v) is 6.97. The predicted octanol–water partition coefficient (Wildman–Crippen LogP) is 3.49. The van der Waals surface area contributed by atoms with E-state index in [4.69, 9.17) is 0 Å². The highest BCUT2D eigenvalue weighted by atomic mass is 79.9. The molecule has 19 heavy (non-hydrogen) atoms. The number of aliphatic hydroxyl groups is 1. The molecule has 0 radical (unpaired) electrons. The van der Waals surface area contributed by atoms with Gasteiger partial charge in [-0.15, -0.1) is 0 Å². The quantitative estimate of drug-likeness (QED) is 0.807. The van der Waals surface area contributed by atoms with E-state index >= 15 is 0 Å². The van der Waals surface area contributed by atoms with Crippen LogP contribution in [0.25, 0.3) is 0 Å². The van der Waals surface area contributed by atoms with Gasteiger partial charge in [0.25, 0.3) is 0 Å². The molecule has 1 saturated carbocycles. The molecule has 0 aromatic carbocycles. The van der Waals surface area contributed by atoms with Crippen LogP contribution in [0.1, 0.15) is 31.4 Å². The van der Waals surface area contributed by atoms with Gasteiger partial charge in [0.15, 0.2) is 0 Å². The summed E-state index contributed by atoms with van der Waals surface area (Å²) in [5, 5.41) is 12.9. The Bertz CT molecular complexity index is 414. The molecule has 0 saturated heterocycles. The molecule has 1 heterocycles. The summed E-state index contributed by atoms with van der Waals surface area (Å²) in [6.45, 7) is 2.06. The first-order valence-corrected chi connectivity index (χ1v) is 8.41. The number of nitrogens with zero attached hydrogens (tertiary/aromatic N) is 1. The van der Waals surface area contributed by atoms with E-state index in [0.717, 1.165) is 27.7 Å². The van der Waals surface area contributed by atoms with Gasteiger partial charge in [-0.25, -0.2) is 0 Å². The molecule has 1 aliphatic carbocycles. The van der Waals surface area contributed by atoms with Crippen molar-refractivity contribution in [3.05, 3.63) is 26.9 Å². The number of hydrogen-bond donors (Lipinski definition) is 2. The number of rotatable bonds is 5. The van der Waals surface area contributed by atoms with Crippen LogP contribution in [0.5, 0.6) is 0 Å². The van der Waals surface area contributed by atoms with Crippen LogP contribution < -0.4 is 5.32 Å². The zero-order valence-electron chi connectivity index (χ0n) is 10.9. The topological polar surface area (TPSA) is 45.1 Å². The van der Waals surface area contributed by atoms with Crippen LogP contribution in [-0.2, 0) is 6.54 Å². The fourth-order valence-electron chi connectivity index (χ4n) is 2.74. The summed E-state index contributed by atoms with van der Waals surface area (Å²) in [5.41, 5.74) is 1.03. The Kier molecular flexibility index (Phi) is 6.26. The van der Waals surface area contributed by atoms with Gasteiger partial charge in [0, 0.05) is 28.3 Å². The minimum atomic E-state index is 0.326. The maximum absolute atomic E-state index is 9.40. The Hall–Kier alpha value is 0.0300. The van der Waals surface area contributed by atoms with Crippen LogP contribution in [0.2, 0.25) is 0 Å². The lowest BCUT2D eigenvalue weighted by atomic mass is 9.79. The van der Waals surface area contributed by atoms with Gasteiger partial charge < -0.3 is 10.4 Å². The van der Waals surface area contributed by atoms with Gasteiger partial charge in [0.05, 0.1) is 5.69 Å². The van der Waals surface area contributed by atoms with Crippen molar-refractivity contribution in [2.24, 2.45) is 11.8 Å². The normalized spacial score (nSPS) is 23.5. The average molecular weight is 392 g/mol. The van der Waals surface area contributed by atoms with Gasteiger partial charge in [-0.2, -0.15) is 0 Å². The Balaban J connectivity index is 1.82. The summed E-state index contributed by atoms with van der Waals surface area (Å²) in [7, 11) is 0. The molecular weight excluding hydrogens is 372 g/mol. The van der Waals surface area contributed by atoms with Gasteiger partial charge in [0.1, 0.15) is 0 Å². The molecule has 0 amide bonds. The maximum atomic E-state index is 9.40. The third kappa shape index (κ3) is 4.52. The lowest BCUT2D eigenvalue weighted by Gasteiger charge is -2.30. The summed E-state index contributed by atoms with van der Waals surface area (Å²) in [4.78, 5) is 4.39. The molecule has 3 nitrogen and oxygen atoms in total. The van der Waals surface area contributed by atoms with E-state index in [2.05, 4.69) is 42.2 Å². The van der Waals surface area contributed by atoms with Crippen LogP contribution in [-0.4, -0.2) is 23.2 Å². The van der Waals surface area contributed by atoms with Crippen molar-refractivity contribution in [2.45, 2.75) is 32.2 Å². The van der Waals surface area contributed by atoms with Gasteiger partial charge in [-0.1, -0.05) is 12.8 Å². The third-order valence-corrected chi connectivity index (χ3v) is 5.00. The Morgan fingerprint density at radius 2 is 2.00 bits per heavy atom. The fourth-order valence-corrected chi connectivity index (χ4v) is 3.87. The molecule has 1 fully saturated rings. The smallest absolute Gasteiger partial charge is 0.0684 e. The number of aromatic nitrogens is 1. The average Bonchev–Trinajstić information content (AvgIpc) is 2.42. The highest BCUT2D eigenvalue weighted by molar-refractivity contribution is 9.11. The van der Waals surface area contributed by atoms with E-state index in [1.165, 1.54) is 25.7 Å². The molecule has 1 aliphatic rings. The lowest BCUT2D eigenvalue weighted by Crippen LogP contribution is -2.32. The summed E-state index contributed by atoms with van der Waals surface area (Å²) < 4.78 is 2.01. The molecule has 0 aliphatic heterocycles. The van der Waals surface area contributed by atoms with E-state index in [-0.39, 0.29) is 0 Å². The number of halogens is 2. The van der Waals surface area contributed by atoms with Crippen LogP contribution in [0, 0.1) is 11.8 Å². The van der Waals surface area contributed by atoms with Crippen LogP contribution >= 0.6 is 31.9 Å². The zero-order chi connectivity index (χ0) is 13.7. The molecule has 106 valence electrons. The number of pyridine rings is 1. The van der Waals surface area contributed by atoms with Crippen molar-refractivity contribution in [1.82, 2.24) is 10.3 Å². The second-order valence-electron chi connectivity index (χ2n) is 5.20. The predicted molar refractivity (Wildman–Crippen MR) is 83.9 cm³/mol. The summed E-state index contributed by atoms with van der Waals surface area (Å²) in [5.74, 6) is 1.08. The summed E-state index contributed by atoms with van der Waals surface area (Å²) >= 11 is 6.93. The van der Waals surface area contributed by atoms with Gasteiger partial charge in [-0.05, 0) is 69.1 Å². The minimum absolute atomic E-state index is 0.326. The molecular formula is C14H20Br2N2O. The van der Waals surface area contributed by atoms with Gasteiger partial charge in [0.2, 0.25) is 0 Å². The molecule has 2 unspecified atom stereocenters. The Morgan fingerprint density at radius 1 is 1.26 bits per heavy atom. The maximum Gasteiger partial charge on any atom is 0.0684 e. The van der Waals surface area contributed by atoms with E-state index in [1.54, 1.807) is 0 Å². The standard InChI is InChI=1S/C14H20Br2N2O/c15-12-5-13(16)14(18-7-12)8-17-6-10-3-1-2-4-11(10)9-19/h5,7,10-11,17,19H,1-4,6,8-9H2. The Morgan fingerprint density at radius 3 is 2.68 bits per heavy atom. The van der Waals surface area contributed by atoms with Crippen LogP contribution in [0.3, 0.4) is 0 Å². The van der Waals surface area contributed by atoms with Crippen molar-refractivity contribution < 1.29 is 5.11 Å². The van der Waals surface area contributed by atoms with Crippen molar-refractivity contribution in [3.8, 4) is 0 Å². The largest absolute Gasteiger partial charge is 0.396 e. The summed E-state index contributed by atoms with van der Waals surface area (Å²) in [6.07, 6.45) is 6.78. The molecule has 1 aromatic rings. The molecule has 1 aromatic heterocycles. The van der Waals surface area contributed by atoms with E-state index in [0.29, 0.717) is 18.4 Å². The van der Waals surface area contributed by atoms with E-state index < -0.39 is 0 Å². The molecule has 2 atom stereocenters. The lowest BCUT2D eigenvalue weighted by molar-refractivity contribution is 0.133. The van der Waals surface area contributed by atoms with Gasteiger partial charge in [-0.3, -0.25) is 4.98 Å². The third-order valence-electron chi connectivity index (χ3n) is 3.88. The SMILES string of the molecule is OCC1CCCCC1CNCc1ncc(Br)cc1Br. The molecule has 2 rings (SSSR count). The van der Waals surface area contributed by atoms with Gasteiger partial charge >= 0.3 is 0 Å². The number of hydrogen-bond acceptors (Lipinski definition) is 3. The number of nitrogens with one attached hydrogen (secondary N) is 1. The number of aliphatic hydroxyl groups excluding tert-OH is 1. The van der Waals surface area contributed by atoms with Crippen molar-refractivity contribution in [1.29, 1.82) is 0 Å². The highest BCUT2D eigenvalue weighted by Gasteiger charge is 2.23. The van der Waals surface area contributed by atoms with Crippen LogP contribution in [0.4, 0.5) is 0 Å². The molecule has 2 N–H and O–H groups in total. The molecule has 0 spiro atoms. The first-order chi connectivity index (χ1) is 9.20.